The van der Waals surface area contributed by atoms with Crippen molar-refractivity contribution in [3.63, 3.8) is 0 Å². The fourth-order valence-electron chi connectivity index (χ4n) is 2.81. The number of ether oxygens (including phenoxy) is 1. The number of aliphatic hydroxyl groups excluding tert-OH is 1. The van der Waals surface area contributed by atoms with Crippen molar-refractivity contribution in [3.8, 4) is 16.9 Å². The minimum absolute atomic E-state index is 0.0817. The summed E-state index contributed by atoms with van der Waals surface area (Å²) in [6.07, 6.45) is -0.0765. The van der Waals surface area contributed by atoms with Crippen LogP contribution in [0.15, 0.2) is 36.4 Å². The van der Waals surface area contributed by atoms with Gasteiger partial charge in [0.05, 0.1) is 18.8 Å². The molecule has 24 heavy (non-hydrogen) atoms. The van der Waals surface area contributed by atoms with Crippen molar-refractivity contribution >= 4 is 5.91 Å². The van der Waals surface area contributed by atoms with Gasteiger partial charge in [-0.15, -0.1) is 0 Å². The summed E-state index contributed by atoms with van der Waals surface area (Å²) in [4.78, 5) is 13.7. The number of hydrogen-bond donors (Lipinski definition) is 1. The van der Waals surface area contributed by atoms with Crippen LogP contribution in [0.5, 0.6) is 5.75 Å². The third-order valence-electron chi connectivity index (χ3n) is 4.14. The zero-order chi connectivity index (χ0) is 17.3. The van der Waals surface area contributed by atoms with Gasteiger partial charge < -0.3 is 14.7 Å². The first-order chi connectivity index (χ1) is 11.5. The van der Waals surface area contributed by atoms with Gasteiger partial charge in [0.15, 0.2) is 0 Å². The Morgan fingerprint density at radius 3 is 2.58 bits per heavy atom. The number of β-amino-alcohol motifs (C(OH)–C–C–N with tert-alkyl or cyclic N) is 1. The molecule has 1 heterocycles. The summed E-state index contributed by atoms with van der Waals surface area (Å²) in [6, 6.07) is 8.31. The van der Waals surface area contributed by atoms with Crippen LogP contribution in [0.2, 0.25) is 0 Å². The zero-order valence-corrected chi connectivity index (χ0v) is 13.1. The predicted octanol–water partition coefficient (Wildman–Crippen LogP) is 2.85. The highest BCUT2D eigenvalue weighted by Gasteiger charge is 2.27. The molecule has 1 fully saturated rings. The minimum Gasteiger partial charge on any atom is -0.497 e. The number of aliphatic hydroxyl groups is 1. The number of benzene rings is 2. The number of likely N-dealkylation sites (tertiary alicyclic amines) is 1. The van der Waals surface area contributed by atoms with Crippen molar-refractivity contribution in [1.82, 2.24) is 4.90 Å². The maximum atomic E-state index is 14.4. The lowest BCUT2D eigenvalue weighted by atomic mass is 10.0. The molecule has 4 nitrogen and oxygen atoms in total. The summed E-state index contributed by atoms with van der Waals surface area (Å²) in [5.74, 6) is -1.34. The number of nitrogens with zero attached hydrogens (tertiary/aromatic N) is 1. The van der Waals surface area contributed by atoms with Crippen LogP contribution in [0.25, 0.3) is 11.1 Å². The van der Waals surface area contributed by atoms with Crippen LogP contribution in [0.4, 0.5) is 8.78 Å². The molecule has 1 N–H and O–H groups in total. The molecule has 6 heteroatoms. The number of amides is 1. The molecule has 0 unspecified atom stereocenters. The van der Waals surface area contributed by atoms with E-state index in [9.17, 15) is 18.7 Å². The van der Waals surface area contributed by atoms with Gasteiger partial charge in [-0.2, -0.15) is 0 Å². The highest BCUT2D eigenvalue weighted by molar-refractivity contribution is 5.95. The molecule has 3 rings (SSSR count). The minimum atomic E-state index is -0.714. The van der Waals surface area contributed by atoms with E-state index in [-0.39, 0.29) is 17.7 Å². The van der Waals surface area contributed by atoms with Gasteiger partial charge in [0.2, 0.25) is 0 Å². The maximum Gasteiger partial charge on any atom is 0.256 e. The van der Waals surface area contributed by atoms with Crippen LogP contribution >= 0.6 is 0 Å². The van der Waals surface area contributed by atoms with Crippen LogP contribution < -0.4 is 4.74 Å². The van der Waals surface area contributed by atoms with Crippen molar-refractivity contribution in [3.05, 3.63) is 53.6 Å². The number of carbonyl (C=O) groups is 1. The van der Waals surface area contributed by atoms with Crippen LogP contribution in [0.3, 0.4) is 0 Å². The molecule has 1 atom stereocenters. The van der Waals surface area contributed by atoms with E-state index < -0.39 is 23.6 Å². The monoisotopic (exact) mass is 333 g/mol. The average molecular weight is 333 g/mol. The molecule has 2 aromatic carbocycles. The Kier molecular flexibility index (Phi) is 4.49. The Morgan fingerprint density at radius 2 is 2.00 bits per heavy atom. The molecule has 1 aliphatic heterocycles. The summed E-state index contributed by atoms with van der Waals surface area (Å²) in [6.45, 7) is 0.599. The van der Waals surface area contributed by atoms with E-state index in [4.69, 9.17) is 4.74 Å². The Balaban J connectivity index is 1.88. The van der Waals surface area contributed by atoms with Gasteiger partial charge in [-0.1, -0.05) is 6.07 Å². The second-order valence-corrected chi connectivity index (χ2v) is 5.73. The fraction of sp³-hybridized carbons (Fsp3) is 0.278. The van der Waals surface area contributed by atoms with Crippen molar-refractivity contribution in [2.75, 3.05) is 20.2 Å². The normalized spacial score (nSPS) is 17.2. The van der Waals surface area contributed by atoms with E-state index in [1.807, 2.05) is 0 Å². The lowest BCUT2D eigenvalue weighted by Crippen LogP contribution is -2.30. The van der Waals surface area contributed by atoms with E-state index in [0.29, 0.717) is 24.3 Å². The number of hydrogen-bond acceptors (Lipinski definition) is 3. The lowest BCUT2D eigenvalue weighted by molar-refractivity contribution is 0.0760. The van der Waals surface area contributed by atoms with E-state index in [0.717, 1.165) is 6.07 Å². The van der Waals surface area contributed by atoms with Gasteiger partial charge in [-0.3, -0.25) is 4.79 Å². The van der Waals surface area contributed by atoms with Gasteiger partial charge in [-0.05, 0) is 36.2 Å². The van der Waals surface area contributed by atoms with Crippen LogP contribution in [-0.4, -0.2) is 42.2 Å². The molecule has 0 radical (unpaired) electrons. The van der Waals surface area contributed by atoms with Crippen LogP contribution in [0, 0.1) is 11.6 Å². The van der Waals surface area contributed by atoms with Crippen LogP contribution in [-0.2, 0) is 0 Å². The van der Waals surface area contributed by atoms with Crippen molar-refractivity contribution in [2.45, 2.75) is 12.5 Å². The van der Waals surface area contributed by atoms with Crippen molar-refractivity contribution in [1.29, 1.82) is 0 Å². The molecule has 0 aromatic heterocycles. The first-order valence-corrected chi connectivity index (χ1v) is 7.60. The maximum absolute atomic E-state index is 14.4. The second-order valence-electron chi connectivity index (χ2n) is 5.73. The molecular weight excluding hydrogens is 316 g/mol. The Labute approximate surface area is 138 Å². The Morgan fingerprint density at radius 1 is 1.21 bits per heavy atom. The number of halogens is 2. The molecule has 2 aromatic rings. The van der Waals surface area contributed by atoms with E-state index in [2.05, 4.69) is 0 Å². The standard InChI is InChI=1S/C18H17F2NO3/c1-24-13-3-5-14(17(20)9-13)11-2-4-15(16(19)8-11)18(23)21-7-6-12(22)10-21/h2-5,8-9,12,22H,6-7,10H2,1H3/t12-/m1/s1. The van der Waals surface area contributed by atoms with Crippen molar-refractivity contribution < 1.29 is 23.4 Å². The molecule has 1 amide bonds. The first-order valence-electron chi connectivity index (χ1n) is 7.60. The summed E-state index contributed by atoms with van der Waals surface area (Å²) < 4.78 is 33.4. The van der Waals surface area contributed by atoms with Gasteiger partial charge in [0, 0.05) is 24.7 Å². The summed E-state index contributed by atoms with van der Waals surface area (Å²) in [7, 11) is 1.43. The quantitative estimate of drug-likeness (QED) is 0.940. The van der Waals surface area contributed by atoms with E-state index in [1.54, 1.807) is 6.07 Å². The average Bonchev–Trinajstić information content (AvgIpc) is 3.00. The smallest absolute Gasteiger partial charge is 0.256 e. The first kappa shape index (κ1) is 16.4. The van der Waals surface area contributed by atoms with Crippen molar-refractivity contribution in [2.24, 2.45) is 0 Å². The SMILES string of the molecule is COc1ccc(-c2ccc(C(=O)N3CC[C@@H](O)C3)c(F)c2)c(F)c1. The Bertz CT molecular complexity index is 779. The van der Waals surface area contributed by atoms with Gasteiger partial charge in [-0.25, -0.2) is 8.78 Å². The number of rotatable bonds is 3. The largest absolute Gasteiger partial charge is 0.497 e. The summed E-state index contributed by atoms with van der Waals surface area (Å²) in [5, 5.41) is 9.49. The second kappa shape index (κ2) is 6.57. The molecule has 0 bridgehead atoms. The molecule has 0 spiro atoms. The fourth-order valence-corrected chi connectivity index (χ4v) is 2.81. The molecule has 126 valence electrons. The molecule has 0 saturated carbocycles. The molecule has 0 aliphatic carbocycles. The molecular formula is C18H17F2NO3. The summed E-state index contributed by atoms with van der Waals surface area (Å²) in [5.41, 5.74) is 0.484. The topological polar surface area (TPSA) is 49.8 Å². The third kappa shape index (κ3) is 3.10. The zero-order valence-electron chi connectivity index (χ0n) is 13.1. The Hall–Kier alpha value is -2.47. The van der Waals surface area contributed by atoms with Crippen LogP contribution in [0.1, 0.15) is 16.8 Å². The van der Waals surface area contributed by atoms with Gasteiger partial charge in [0.25, 0.3) is 5.91 Å². The third-order valence-corrected chi connectivity index (χ3v) is 4.14. The highest BCUT2D eigenvalue weighted by atomic mass is 19.1. The highest BCUT2D eigenvalue weighted by Crippen LogP contribution is 2.28. The number of methoxy groups -OCH3 is 1. The summed E-state index contributed by atoms with van der Waals surface area (Å²) >= 11 is 0. The van der Waals surface area contributed by atoms with Gasteiger partial charge >= 0.3 is 0 Å². The van der Waals surface area contributed by atoms with E-state index in [1.165, 1.54) is 36.3 Å². The number of carbonyl (C=O) groups excluding carboxylic acids is 1. The molecule has 1 saturated heterocycles. The van der Waals surface area contributed by atoms with E-state index >= 15 is 0 Å². The predicted molar refractivity (Wildman–Crippen MR) is 84.9 cm³/mol. The lowest BCUT2D eigenvalue weighted by Gasteiger charge is -2.16. The molecule has 1 aliphatic rings. The van der Waals surface area contributed by atoms with Gasteiger partial charge in [0.1, 0.15) is 17.4 Å².